The number of nitrogens with zero attached hydrogens (tertiary/aromatic N) is 1. The van der Waals surface area contributed by atoms with Crippen LogP contribution in [0.1, 0.15) is 55.2 Å². The first-order valence-corrected chi connectivity index (χ1v) is 14.8. The number of nitrogens with one attached hydrogen (secondary N) is 1. The van der Waals surface area contributed by atoms with Crippen molar-refractivity contribution in [1.82, 2.24) is 10.2 Å². The molecular formula is C36H40N2O3. The number of methoxy groups -OCH3 is 1. The normalized spacial score (nSPS) is 14.4. The zero-order chi connectivity index (χ0) is 28.4. The molecule has 41 heavy (non-hydrogen) atoms. The Morgan fingerprint density at radius 2 is 1.56 bits per heavy atom. The molecule has 0 bridgehead atoms. The number of amides is 2. The number of ether oxygens (including phenoxy) is 1. The zero-order valence-corrected chi connectivity index (χ0v) is 23.9. The number of rotatable bonds is 11. The van der Waals surface area contributed by atoms with Gasteiger partial charge in [-0.15, -0.1) is 0 Å². The monoisotopic (exact) mass is 548 g/mol. The number of hydrogen-bond donors (Lipinski definition) is 1. The highest BCUT2D eigenvalue weighted by Gasteiger charge is 2.32. The van der Waals surface area contributed by atoms with E-state index >= 15 is 0 Å². The van der Waals surface area contributed by atoms with Gasteiger partial charge in [0.2, 0.25) is 11.8 Å². The Morgan fingerprint density at radius 1 is 0.854 bits per heavy atom. The average Bonchev–Trinajstić information content (AvgIpc) is 3.02. The molecule has 4 aromatic rings. The highest BCUT2D eigenvalue weighted by molar-refractivity contribution is 5.89. The van der Waals surface area contributed by atoms with E-state index in [0.717, 1.165) is 53.5 Å². The average molecular weight is 549 g/mol. The zero-order valence-electron chi connectivity index (χ0n) is 23.9. The van der Waals surface area contributed by atoms with E-state index in [4.69, 9.17) is 4.74 Å². The molecule has 5 rings (SSSR count). The van der Waals surface area contributed by atoms with E-state index in [1.54, 1.807) is 12.0 Å². The summed E-state index contributed by atoms with van der Waals surface area (Å²) in [6, 6.07) is 31.8. The first kappa shape index (κ1) is 28.4. The second-order valence-electron chi connectivity index (χ2n) is 11.1. The Morgan fingerprint density at radius 3 is 2.37 bits per heavy atom. The third-order valence-corrected chi connectivity index (χ3v) is 8.20. The second kappa shape index (κ2) is 14.0. The Balaban J connectivity index is 1.44. The lowest BCUT2D eigenvalue weighted by Gasteiger charge is -2.33. The van der Waals surface area contributed by atoms with Crippen LogP contribution in [0.15, 0.2) is 97.1 Å². The van der Waals surface area contributed by atoms with Crippen LogP contribution < -0.4 is 10.1 Å². The standard InChI is InChI=1S/C36H40N2O3/c1-41-32-20-10-14-28(24-32)26-38(35(39)23-22-30-17-11-16-29-15-8-9-21-33(29)30)34(25-27-12-4-2-5-13-27)36(40)37-31-18-6-3-7-19-31/h2,4-5,8-17,20-21,24,31,34H,3,6-7,18-19,22-23,25-26H2,1H3,(H,37,40)/t34-/m1/s1. The molecule has 0 spiro atoms. The third-order valence-electron chi connectivity index (χ3n) is 8.20. The lowest BCUT2D eigenvalue weighted by molar-refractivity contribution is -0.141. The molecule has 1 atom stereocenters. The fraction of sp³-hybridized carbons (Fsp3) is 0.333. The van der Waals surface area contributed by atoms with Crippen molar-refractivity contribution in [2.75, 3.05) is 7.11 Å². The number of fused-ring (bicyclic) bond motifs is 1. The molecule has 0 radical (unpaired) electrons. The van der Waals surface area contributed by atoms with Gasteiger partial charge in [0, 0.05) is 25.4 Å². The van der Waals surface area contributed by atoms with Crippen LogP contribution in [0.3, 0.4) is 0 Å². The van der Waals surface area contributed by atoms with Crippen molar-refractivity contribution in [3.05, 3.63) is 114 Å². The molecule has 0 aromatic heterocycles. The van der Waals surface area contributed by atoms with E-state index in [-0.39, 0.29) is 17.9 Å². The number of carbonyl (C=O) groups is 2. The molecule has 1 aliphatic rings. The van der Waals surface area contributed by atoms with E-state index in [1.165, 1.54) is 11.8 Å². The van der Waals surface area contributed by atoms with Crippen LogP contribution in [0.4, 0.5) is 0 Å². The summed E-state index contributed by atoms with van der Waals surface area (Å²) in [5.74, 6) is 0.638. The fourth-order valence-corrected chi connectivity index (χ4v) is 5.96. The molecule has 1 N–H and O–H groups in total. The molecule has 0 heterocycles. The van der Waals surface area contributed by atoms with Crippen LogP contribution in [0.25, 0.3) is 10.8 Å². The summed E-state index contributed by atoms with van der Waals surface area (Å²) in [5.41, 5.74) is 3.12. The van der Waals surface area contributed by atoms with Crippen LogP contribution in [0.2, 0.25) is 0 Å². The molecule has 1 saturated carbocycles. The van der Waals surface area contributed by atoms with Gasteiger partial charge in [0.1, 0.15) is 11.8 Å². The summed E-state index contributed by atoms with van der Waals surface area (Å²) >= 11 is 0. The largest absolute Gasteiger partial charge is 0.497 e. The molecule has 0 unspecified atom stereocenters. The molecule has 5 nitrogen and oxygen atoms in total. The van der Waals surface area contributed by atoms with Gasteiger partial charge in [-0.3, -0.25) is 9.59 Å². The van der Waals surface area contributed by atoms with Crippen LogP contribution in [-0.4, -0.2) is 35.9 Å². The highest BCUT2D eigenvalue weighted by Crippen LogP contribution is 2.24. The summed E-state index contributed by atoms with van der Waals surface area (Å²) in [6.45, 7) is 0.334. The quantitative estimate of drug-likeness (QED) is 0.223. The Hall–Kier alpha value is -4.12. The van der Waals surface area contributed by atoms with Crippen molar-refractivity contribution in [1.29, 1.82) is 0 Å². The predicted octanol–water partition coefficient (Wildman–Crippen LogP) is 6.87. The van der Waals surface area contributed by atoms with E-state index in [0.29, 0.717) is 25.8 Å². The molecule has 1 aliphatic carbocycles. The third kappa shape index (κ3) is 7.55. The minimum Gasteiger partial charge on any atom is -0.497 e. The molecule has 0 saturated heterocycles. The van der Waals surface area contributed by atoms with Crippen molar-refractivity contribution in [2.24, 2.45) is 0 Å². The van der Waals surface area contributed by atoms with Gasteiger partial charge >= 0.3 is 0 Å². The Kier molecular flexibility index (Phi) is 9.69. The summed E-state index contributed by atoms with van der Waals surface area (Å²) < 4.78 is 5.46. The van der Waals surface area contributed by atoms with Crippen LogP contribution in [-0.2, 0) is 29.0 Å². The minimum atomic E-state index is -0.620. The Bertz CT molecular complexity index is 1440. The Labute approximate surface area is 243 Å². The van der Waals surface area contributed by atoms with Crippen molar-refractivity contribution in [3.63, 3.8) is 0 Å². The predicted molar refractivity (Wildman–Crippen MR) is 165 cm³/mol. The maximum Gasteiger partial charge on any atom is 0.243 e. The van der Waals surface area contributed by atoms with Crippen molar-refractivity contribution in [2.45, 2.75) is 70.0 Å². The molecular weight excluding hydrogens is 508 g/mol. The number of benzene rings is 4. The van der Waals surface area contributed by atoms with Gasteiger partial charge in [0.05, 0.1) is 7.11 Å². The maximum atomic E-state index is 14.2. The van der Waals surface area contributed by atoms with Crippen LogP contribution in [0, 0.1) is 0 Å². The molecule has 4 aromatic carbocycles. The summed E-state index contributed by atoms with van der Waals surface area (Å²) in [5, 5.41) is 5.65. The van der Waals surface area contributed by atoms with Gasteiger partial charge in [-0.05, 0) is 58.9 Å². The molecule has 212 valence electrons. The number of carbonyl (C=O) groups excluding carboxylic acids is 2. The van der Waals surface area contributed by atoms with Gasteiger partial charge in [0.25, 0.3) is 0 Å². The van der Waals surface area contributed by atoms with E-state index in [9.17, 15) is 9.59 Å². The topological polar surface area (TPSA) is 58.6 Å². The summed E-state index contributed by atoms with van der Waals surface area (Å²) in [6.07, 6.45) is 6.86. The molecule has 0 aliphatic heterocycles. The smallest absolute Gasteiger partial charge is 0.243 e. The maximum absolute atomic E-state index is 14.2. The molecule has 2 amide bonds. The first-order valence-electron chi connectivity index (χ1n) is 14.8. The van der Waals surface area contributed by atoms with Crippen molar-refractivity contribution >= 4 is 22.6 Å². The summed E-state index contributed by atoms with van der Waals surface area (Å²) in [7, 11) is 1.64. The number of hydrogen-bond acceptors (Lipinski definition) is 3. The van der Waals surface area contributed by atoms with Crippen LogP contribution in [0.5, 0.6) is 5.75 Å². The van der Waals surface area contributed by atoms with Gasteiger partial charge in [-0.2, -0.15) is 0 Å². The van der Waals surface area contributed by atoms with Gasteiger partial charge in [-0.25, -0.2) is 0 Å². The minimum absolute atomic E-state index is 0.0273. The summed E-state index contributed by atoms with van der Waals surface area (Å²) in [4.78, 5) is 29.9. The van der Waals surface area contributed by atoms with Crippen molar-refractivity contribution in [3.8, 4) is 5.75 Å². The van der Waals surface area contributed by atoms with Crippen LogP contribution >= 0.6 is 0 Å². The van der Waals surface area contributed by atoms with E-state index in [1.807, 2.05) is 72.8 Å². The fourth-order valence-electron chi connectivity index (χ4n) is 5.96. The molecule has 5 heteroatoms. The lowest BCUT2D eigenvalue weighted by atomic mass is 9.94. The molecule has 1 fully saturated rings. The highest BCUT2D eigenvalue weighted by atomic mass is 16.5. The first-order chi connectivity index (χ1) is 20.1. The van der Waals surface area contributed by atoms with Gasteiger partial charge < -0.3 is 15.0 Å². The lowest BCUT2D eigenvalue weighted by Crippen LogP contribution is -2.52. The number of aryl methyl sites for hydroxylation is 1. The van der Waals surface area contributed by atoms with E-state index < -0.39 is 6.04 Å². The van der Waals surface area contributed by atoms with Gasteiger partial charge in [-0.1, -0.05) is 104 Å². The SMILES string of the molecule is COc1cccc(CN(C(=O)CCc2cccc3ccccc23)[C@H](Cc2ccccc2)C(=O)NC2CCCCC2)c1. The second-order valence-corrected chi connectivity index (χ2v) is 11.1. The van der Waals surface area contributed by atoms with Crippen molar-refractivity contribution < 1.29 is 14.3 Å². The van der Waals surface area contributed by atoms with Gasteiger partial charge in [0.15, 0.2) is 0 Å². The van der Waals surface area contributed by atoms with E-state index in [2.05, 4.69) is 29.6 Å².